The number of rotatable bonds is 2. The fourth-order valence-corrected chi connectivity index (χ4v) is 7.05. The van der Waals surface area contributed by atoms with E-state index >= 15 is 0 Å². The van der Waals surface area contributed by atoms with Crippen LogP contribution >= 0.6 is 0 Å². The van der Waals surface area contributed by atoms with Crippen molar-refractivity contribution >= 4 is 22.6 Å². The van der Waals surface area contributed by atoms with Crippen LogP contribution in [0.15, 0.2) is 66.2 Å². The van der Waals surface area contributed by atoms with Gasteiger partial charge in [-0.1, -0.05) is 55.5 Å². The molecule has 2 saturated carbocycles. The minimum Gasteiger partial charge on any atom is -0.497 e. The minimum atomic E-state index is -0.207. The van der Waals surface area contributed by atoms with Crippen molar-refractivity contribution in [3.8, 4) is 5.75 Å². The Morgan fingerprint density at radius 1 is 1.03 bits per heavy atom. The van der Waals surface area contributed by atoms with E-state index in [9.17, 15) is 4.79 Å². The number of methoxy groups -OCH3 is 1. The van der Waals surface area contributed by atoms with Gasteiger partial charge in [0.15, 0.2) is 5.78 Å². The average molecular weight is 423 g/mol. The lowest BCUT2D eigenvalue weighted by molar-refractivity contribution is -0.127. The molecule has 0 unspecified atom stereocenters. The molecule has 0 aromatic heterocycles. The fourth-order valence-electron chi connectivity index (χ4n) is 7.05. The molecule has 6 rings (SSSR count). The first-order chi connectivity index (χ1) is 15.6. The van der Waals surface area contributed by atoms with E-state index in [1.54, 1.807) is 7.11 Å². The zero-order valence-corrected chi connectivity index (χ0v) is 18.9. The molecule has 0 spiro atoms. The van der Waals surface area contributed by atoms with Crippen LogP contribution < -0.4 is 4.74 Å². The molecule has 3 aromatic carbocycles. The van der Waals surface area contributed by atoms with E-state index in [0.717, 1.165) is 37.0 Å². The summed E-state index contributed by atoms with van der Waals surface area (Å²) in [4.78, 5) is 13.7. The lowest BCUT2D eigenvalue weighted by Gasteiger charge is -2.48. The lowest BCUT2D eigenvalue weighted by atomic mass is 9.55. The molecule has 0 aliphatic heterocycles. The molecule has 3 aromatic rings. The Bertz CT molecular complexity index is 1250. The second-order valence-corrected chi connectivity index (χ2v) is 10.2. The number of benzene rings is 3. The summed E-state index contributed by atoms with van der Waals surface area (Å²) in [7, 11) is 1.74. The van der Waals surface area contributed by atoms with Crippen LogP contribution in [0, 0.1) is 17.3 Å². The summed E-state index contributed by atoms with van der Waals surface area (Å²) >= 11 is 0. The van der Waals surface area contributed by atoms with Gasteiger partial charge in [0.1, 0.15) is 5.75 Å². The van der Waals surface area contributed by atoms with Gasteiger partial charge in [0, 0.05) is 5.41 Å². The van der Waals surface area contributed by atoms with Crippen molar-refractivity contribution in [2.45, 2.75) is 44.9 Å². The van der Waals surface area contributed by atoms with Gasteiger partial charge >= 0.3 is 0 Å². The molecule has 4 atom stereocenters. The molecule has 0 N–H and O–H groups in total. The van der Waals surface area contributed by atoms with Gasteiger partial charge in [-0.3, -0.25) is 4.79 Å². The van der Waals surface area contributed by atoms with Crippen molar-refractivity contribution in [1.29, 1.82) is 0 Å². The van der Waals surface area contributed by atoms with E-state index in [0.29, 0.717) is 23.5 Å². The molecule has 2 heteroatoms. The molecule has 0 heterocycles. The lowest BCUT2D eigenvalue weighted by Crippen LogP contribution is -2.42. The van der Waals surface area contributed by atoms with Crippen LogP contribution in [0.4, 0.5) is 0 Å². The Morgan fingerprint density at radius 2 is 1.88 bits per heavy atom. The number of Topliss-reactive ketones (excluding diaryl/α,β-unsaturated/α-hetero) is 1. The Hall–Kier alpha value is -2.87. The average Bonchev–Trinajstić information content (AvgIpc) is 3.09. The van der Waals surface area contributed by atoms with Crippen LogP contribution in [0.3, 0.4) is 0 Å². The number of allylic oxidation sites excluding steroid dienone is 1. The van der Waals surface area contributed by atoms with Crippen molar-refractivity contribution in [3.05, 3.63) is 82.9 Å². The maximum Gasteiger partial charge on any atom is 0.165 e. The van der Waals surface area contributed by atoms with E-state index in [2.05, 4.69) is 73.7 Å². The van der Waals surface area contributed by atoms with Crippen LogP contribution in [-0.2, 0) is 11.2 Å². The van der Waals surface area contributed by atoms with Gasteiger partial charge in [0.05, 0.1) is 7.11 Å². The molecule has 32 heavy (non-hydrogen) atoms. The molecule has 0 bridgehead atoms. The van der Waals surface area contributed by atoms with Crippen molar-refractivity contribution < 1.29 is 9.53 Å². The van der Waals surface area contributed by atoms with E-state index in [-0.39, 0.29) is 5.41 Å². The summed E-state index contributed by atoms with van der Waals surface area (Å²) in [6.45, 7) is 2.25. The van der Waals surface area contributed by atoms with Crippen LogP contribution in [0.5, 0.6) is 5.75 Å². The number of ether oxygens (including phenoxy) is 1. The Labute approximate surface area is 190 Å². The molecular weight excluding hydrogens is 392 g/mol. The summed E-state index contributed by atoms with van der Waals surface area (Å²) in [5.41, 5.74) is 4.95. The predicted octanol–water partition coefficient (Wildman–Crippen LogP) is 6.97. The number of ketones is 1. The van der Waals surface area contributed by atoms with Crippen molar-refractivity contribution in [3.63, 3.8) is 0 Å². The van der Waals surface area contributed by atoms with Gasteiger partial charge in [0.2, 0.25) is 0 Å². The number of hydrogen-bond acceptors (Lipinski definition) is 2. The highest BCUT2D eigenvalue weighted by molar-refractivity contribution is 6.07. The van der Waals surface area contributed by atoms with Crippen molar-refractivity contribution in [2.24, 2.45) is 17.3 Å². The zero-order valence-electron chi connectivity index (χ0n) is 18.9. The van der Waals surface area contributed by atoms with E-state index < -0.39 is 0 Å². The number of fused-ring (bicyclic) bond motifs is 6. The highest BCUT2D eigenvalue weighted by atomic mass is 16.5. The highest BCUT2D eigenvalue weighted by Gasteiger charge is 2.56. The first-order valence-corrected chi connectivity index (χ1v) is 12.0. The van der Waals surface area contributed by atoms with Gasteiger partial charge in [-0.05, 0) is 101 Å². The third kappa shape index (κ3) is 2.88. The Kier molecular flexibility index (Phi) is 4.54. The molecule has 3 aliphatic rings. The number of carbonyl (C=O) groups is 1. The Morgan fingerprint density at radius 3 is 2.75 bits per heavy atom. The molecule has 162 valence electrons. The minimum absolute atomic E-state index is 0.207. The number of hydrogen-bond donors (Lipinski definition) is 0. The van der Waals surface area contributed by atoms with Crippen molar-refractivity contribution in [1.82, 2.24) is 0 Å². The predicted molar refractivity (Wildman–Crippen MR) is 130 cm³/mol. The first kappa shape index (κ1) is 19.8. The molecular formula is C30H30O2. The normalized spacial score (nSPS) is 30.1. The largest absolute Gasteiger partial charge is 0.497 e. The van der Waals surface area contributed by atoms with Gasteiger partial charge in [-0.25, -0.2) is 0 Å². The Balaban J connectivity index is 1.36. The second kappa shape index (κ2) is 7.33. The summed E-state index contributed by atoms with van der Waals surface area (Å²) in [6, 6.07) is 21.5. The van der Waals surface area contributed by atoms with Crippen LogP contribution in [-0.4, -0.2) is 12.9 Å². The van der Waals surface area contributed by atoms with Crippen LogP contribution in [0.25, 0.3) is 16.8 Å². The van der Waals surface area contributed by atoms with Gasteiger partial charge in [-0.2, -0.15) is 0 Å². The van der Waals surface area contributed by atoms with Gasteiger partial charge in [0.25, 0.3) is 0 Å². The zero-order chi connectivity index (χ0) is 21.9. The first-order valence-electron chi connectivity index (χ1n) is 12.0. The molecule has 0 saturated heterocycles. The maximum atomic E-state index is 13.7. The summed E-state index contributed by atoms with van der Waals surface area (Å²) in [5.74, 6) is 2.98. The molecule has 3 aliphatic carbocycles. The van der Waals surface area contributed by atoms with Crippen LogP contribution in [0.2, 0.25) is 0 Å². The number of aryl methyl sites for hydroxylation is 1. The maximum absolute atomic E-state index is 13.7. The second-order valence-electron chi connectivity index (χ2n) is 10.2. The standard InChI is InChI=1S/C30H30O2/c1-30-15-14-26-25-13-11-23(32-2)17-21(25)10-12-27(26)28(30)18-22(29(30)31)16-20-8-5-7-19-6-3-4-9-24(19)20/h3-9,11,13,16-17,26-28H,10,12,14-15,18H2,1-2H3/b22-16+/t26-,27-,28+,30+/m1/s1. The van der Waals surface area contributed by atoms with Crippen LogP contribution in [0.1, 0.15) is 55.2 Å². The topological polar surface area (TPSA) is 26.3 Å². The molecule has 0 radical (unpaired) electrons. The van der Waals surface area contributed by atoms with E-state index in [1.165, 1.54) is 33.9 Å². The molecule has 0 amide bonds. The van der Waals surface area contributed by atoms with Crippen molar-refractivity contribution in [2.75, 3.05) is 7.11 Å². The monoisotopic (exact) mass is 422 g/mol. The third-order valence-corrected chi connectivity index (χ3v) is 8.73. The van der Waals surface area contributed by atoms with Gasteiger partial charge in [-0.15, -0.1) is 0 Å². The smallest absolute Gasteiger partial charge is 0.165 e. The SMILES string of the molecule is COc1ccc2c(c1)CC[C@@H]1[C@@H]2CC[C@]2(C)C(=O)/C(=C/c3cccc4ccccc34)C[C@@H]12. The van der Waals surface area contributed by atoms with Gasteiger partial charge < -0.3 is 4.74 Å². The summed E-state index contributed by atoms with van der Waals surface area (Å²) in [6.07, 6.45) is 7.51. The number of carbonyl (C=O) groups excluding carboxylic acids is 1. The summed E-state index contributed by atoms with van der Waals surface area (Å²) < 4.78 is 5.46. The summed E-state index contributed by atoms with van der Waals surface area (Å²) in [5, 5.41) is 2.46. The quantitative estimate of drug-likeness (QED) is 0.417. The highest BCUT2D eigenvalue weighted by Crippen LogP contribution is 2.61. The van der Waals surface area contributed by atoms with E-state index in [1.807, 2.05) is 0 Å². The molecule has 2 fully saturated rings. The fraction of sp³-hybridized carbons (Fsp3) is 0.367. The molecule has 2 nitrogen and oxygen atoms in total. The van der Waals surface area contributed by atoms with E-state index in [4.69, 9.17) is 4.74 Å². The third-order valence-electron chi connectivity index (χ3n) is 8.73.